The molecule has 5 heteroatoms. The summed E-state index contributed by atoms with van der Waals surface area (Å²) in [5, 5.41) is 2.92. The van der Waals surface area contributed by atoms with E-state index in [-0.39, 0.29) is 17.2 Å². The van der Waals surface area contributed by atoms with Gasteiger partial charge in [0.1, 0.15) is 0 Å². The number of hydrogen-bond donors (Lipinski definition) is 1. The average Bonchev–Trinajstić information content (AvgIpc) is 2.71. The second-order valence-corrected chi connectivity index (χ2v) is 6.34. The molecule has 0 aromatic heterocycles. The highest BCUT2D eigenvalue weighted by Crippen LogP contribution is 2.37. The highest BCUT2D eigenvalue weighted by Gasteiger charge is 2.41. The SMILES string of the molecule is CC(C)N(C)CC(=O)N1CCC2(CC1)CNC(=O)C2. The van der Waals surface area contributed by atoms with Crippen molar-refractivity contribution in [2.45, 2.75) is 39.2 Å². The summed E-state index contributed by atoms with van der Waals surface area (Å²) in [7, 11) is 1.98. The van der Waals surface area contributed by atoms with Gasteiger partial charge in [0.2, 0.25) is 11.8 Å². The minimum atomic E-state index is 0.123. The molecule has 2 aliphatic rings. The van der Waals surface area contributed by atoms with Crippen LogP contribution in [0.15, 0.2) is 0 Å². The van der Waals surface area contributed by atoms with Crippen LogP contribution in [0.5, 0.6) is 0 Å². The Balaban J connectivity index is 1.83. The van der Waals surface area contributed by atoms with Crippen molar-refractivity contribution in [1.82, 2.24) is 15.1 Å². The molecular formula is C14H25N3O2. The van der Waals surface area contributed by atoms with Crippen LogP contribution in [0, 0.1) is 5.41 Å². The Morgan fingerprint density at radius 3 is 2.53 bits per heavy atom. The van der Waals surface area contributed by atoms with E-state index in [9.17, 15) is 9.59 Å². The molecule has 2 fully saturated rings. The van der Waals surface area contributed by atoms with Crippen molar-refractivity contribution in [2.75, 3.05) is 33.2 Å². The third kappa shape index (κ3) is 3.26. The van der Waals surface area contributed by atoms with Gasteiger partial charge in [-0.3, -0.25) is 14.5 Å². The molecule has 0 bridgehead atoms. The second kappa shape index (κ2) is 5.49. The van der Waals surface area contributed by atoms with Gasteiger partial charge in [0.05, 0.1) is 6.54 Å². The van der Waals surface area contributed by atoms with E-state index in [4.69, 9.17) is 0 Å². The fourth-order valence-electron chi connectivity index (χ4n) is 2.83. The van der Waals surface area contributed by atoms with Crippen molar-refractivity contribution < 1.29 is 9.59 Å². The maximum Gasteiger partial charge on any atom is 0.236 e. The Hall–Kier alpha value is -1.10. The van der Waals surface area contributed by atoms with Gasteiger partial charge in [-0.1, -0.05) is 0 Å². The van der Waals surface area contributed by atoms with Crippen molar-refractivity contribution in [3.8, 4) is 0 Å². The van der Waals surface area contributed by atoms with Crippen LogP contribution in [0.1, 0.15) is 33.1 Å². The molecule has 0 unspecified atom stereocenters. The Labute approximate surface area is 115 Å². The maximum atomic E-state index is 12.2. The van der Waals surface area contributed by atoms with Gasteiger partial charge >= 0.3 is 0 Å². The number of amides is 2. The molecule has 5 nitrogen and oxygen atoms in total. The fraction of sp³-hybridized carbons (Fsp3) is 0.857. The molecule has 2 saturated heterocycles. The van der Waals surface area contributed by atoms with Gasteiger partial charge in [-0.2, -0.15) is 0 Å². The molecular weight excluding hydrogens is 242 g/mol. The number of carbonyl (C=O) groups excluding carboxylic acids is 2. The molecule has 0 aliphatic carbocycles. The first-order valence-electron chi connectivity index (χ1n) is 7.17. The largest absolute Gasteiger partial charge is 0.356 e. The fourth-order valence-corrected chi connectivity index (χ4v) is 2.83. The number of likely N-dealkylation sites (tertiary alicyclic amines) is 1. The van der Waals surface area contributed by atoms with Crippen molar-refractivity contribution in [3.63, 3.8) is 0 Å². The van der Waals surface area contributed by atoms with E-state index in [1.54, 1.807) is 0 Å². The van der Waals surface area contributed by atoms with Crippen molar-refractivity contribution in [2.24, 2.45) is 5.41 Å². The lowest BCUT2D eigenvalue weighted by molar-refractivity contribution is -0.134. The molecule has 1 N–H and O–H groups in total. The summed E-state index contributed by atoms with van der Waals surface area (Å²) in [6.45, 7) is 7.05. The molecule has 108 valence electrons. The molecule has 2 rings (SSSR count). The maximum absolute atomic E-state index is 12.2. The molecule has 0 radical (unpaired) electrons. The first kappa shape index (κ1) is 14.3. The number of hydrogen-bond acceptors (Lipinski definition) is 3. The van der Waals surface area contributed by atoms with Crippen LogP contribution in [0.25, 0.3) is 0 Å². The van der Waals surface area contributed by atoms with E-state index in [1.165, 1.54) is 0 Å². The van der Waals surface area contributed by atoms with Gasteiger partial charge in [0, 0.05) is 32.1 Å². The zero-order valence-electron chi connectivity index (χ0n) is 12.2. The number of piperidine rings is 1. The predicted molar refractivity (Wildman–Crippen MR) is 73.6 cm³/mol. The van der Waals surface area contributed by atoms with Crippen LogP contribution in [-0.2, 0) is 9.59 Å². The van der Waals surface area contributed by atoms with Gasteiger partial charge in [0.25, 0.3) is 0 Å². The molecule has 0 atom stereocenters. The van der Waals surface area contributed by atoms with Crippen molar-refractivity contribution >= 4 is 11.8 Å². The van der Waals surface area contributed by atoms with Crippen LogP contribution in [-0.4, -0.2) is 60.9 Å². The normalized spacial score (nSPS) is 22.4. The third-order valence-electron chi connectivity index (χ3n) is 4.64. The summed E-state index contributed by atoms with van der Waals surface area (Å²) >= 11 is 0. The molecule has 0 aromatic carbocycles. The summed E-state index contributed by atoms with van der Waals surface area (Å²) < 4.78 is 0. The summed E-state index contributed by atoms with van der Waals surface area (Å²) in [5.74, 6) is 0.377. The molecule has 2 amide bonds. The third-order valence-corrected chi connectivity index (χ3v) is 4.64. The van der Waals surface area contributed by atoms with Gasteiger partial charge < -0.3 is 10.2 Å². The Morgan fingerprint density at radius 2 is 2.05 bits per heavy atom. The minimum absolute atomic E-state index is 0.123. The average molecular weight is 267 g/mol. The first-order valence-corrected chi connectivity index (χ1v) is 7.17. The second-order valence-electron chi connectivity index (χ2n) is 6.34. The topological polar surface area (TPSA) is 52.7 Å². The molecule has 0 saturated carbocycles. The number of likely N-dealkylation sites (N-methyl/N-ethyl adjacent to an activating group) is 1. The van der Waals surface area contributed by atoms with Gasteiger partial charge in [0.15, 0.2) is 0 Å². The van der Waals surface area contributed by atoms with E-state index < -0.39 is 0 Å². The summed E-state index contributed by atoms with van der Waals surface area (Å²) in [5.41, 5.74) is 0.123. The number of nitrogens with zero attached hydrogens (tertiary/aromatic N) is 2. The van der Waals surface area contributed by atoms with E-state index in [2.05, 4.69) is 24.1 Å². The lowest BCUT2D eigenvalue weighted by Gasteiger charge is -2.38. The van der Waals surface area contributed by atoms with Gasteiger partial charge in [-0.25, -0.2) is 0 Å². The van der Waals surface area contributed by atoms with E-state index >= 15 is 0 Å². The van der Waals surface area contributed by atoms with Crippen LogP contribution in [0.4, 0.5) is 0 Å². The Morgan fingerprint density at radius 1 is 1.42 bits per heavy atom. The van der Waals surface area contributed by atoms with Gasteiger partial charge in [-0.05, 0) is 39.2 Å². The van der Waals surface area contributed by atoms with E-state index in [0.717, 1.165) is 32.5 Å². The lowest BCUT2D eigenvalue weighted by atomic mass is 9.77. The lowest BCUT2D eigenvalue weighted by Crippen LogP contribution is -2.47. The standard InChI is InChI=1S/C14H25N3O2/c1-11(2)16(3)9-13(19)17-6-4-14(5-7-17)8-12(18)15-10-14/h11H,4-10H2,1-3H3,(H,15,18). The van der Waals surface area contributed by atoms with Crippen LogP contribution in [0.2, 0.25) is 0 Å². The van der Waals surface area contributed by atoms with Crippen molar-refractivity contribution in [1.29, 1.82) is 0 Å². The van der Waals surface area contributed by atoms with Crippen LogP contribution in [0.3, 0.4) is 0 Å². The highest BCUT2D eigenvalue weighted by molar-refractivity contribution is 5.80. The summed E-state index contributed by atoms with van der Waals surface area (Å²) in [6.07, 6.45) is 2.53. The Bertz CT molecular complexity index is 360. The van der Waals surface area contributed by atoms with Crippen molar-refractivity contribution in [3.05, 3.63) is 0 Å². The quantitative estimate of drug-likeness (QED) is 0.808. The zero-order chi connectivity index (χ0) is 14.0. The van der Waals surface area contributed by atoms with Gasteiger partial charge in [-0.15, -0.1) is 0 Å². The van der Waals surface area contributed by atoms with E-state index in [1.807, 2.05) is 11.9 Å². The molecule has 2 aliphatic heterocycles. The number of nitrogens with one attached hydrogen (secondary N) is 1. The van der Waals surface area contributed by atoms with Crippen LogP contribution < -0.4 is 5.32 Å². The highest BCUT2D eigenvalue weighted by atomic mass is 16.2. The molecule has 0 aromatic rings. The minimum Gasteiger partial charge on any atom is -0.356 e. The molecule has 19 heavy (non-hydrogen) atoms. The molecule has 1 spiro atoms. The molecule has 2 heterocycles. The summed E-state index contributed by atoms with van der Waals surface area (Å²) in [6, 6.07) is 0.386. The smallest absolute Gasteiger partial charge is 0.236 e. The van der Waals surface area contributed by atoms with Crippen LogP contribution >= 0.6 is 0 Å². The zero-order valence-corrected chi connectivity index (χ0v) is 12.2. The monoisotopic (exact) mass is 267 g/mol. The Kier molecular flexibility index (Phi) is 4.13. The summed E-state index contributed by atoms with van der Waals surface area (Å²) in [4.78, 5) is 27.6. The number of carbonyl (C=O) groups is 2. The predicted octanol–water partition coefficient (Wildman–Crippen LogP) is 0.455. The number of rotatable bonds is 3. The van der Waals surface area contributed by atoms with E-state index in [0.29, 0.717) is 19.0 Å². The first-order chi connectivity index (χ1) is 8.92.